The predicted molar refractivity (Wildman–Crippen MR) is 86.2 cm³/mol. The molecule has 0 bridgehead atoms. The first-order valence-corrected chi connectivity index (χ1v) is 8.28. The fraction of sp³-hybridized carbons (Fsp3) is 0.938. The van der Waals surface area contributed by atoms with Gasteiger partial charge >= 0.3 is 0 Å². The summed E-state index contributed by atoms with van der Waals surface area (Å²) < 4.78 is 5.36. The number of likely N-dealkylation sites (tertiary alicyclic amines) is 1. The Labute approximate surface area is 125 Å². The molecule has 1 heterocycles. The molecule has 0 aromatic heterocycles. The molecule has 2 unspecified atom stereocenters. The van der Waals surface area contributed by atoms with Crippen LogP contribution in [0.15, 0.2) is 4.99 Å². The highest BCUT2D eigenvalue weighted by molar-refractivity contribution is 5.80. The third-order valence-electron chi connectivity index (χ3n) is 3.67. The Bertz CT molecular complexity index is 271. The minimum Gasteiger partial charge on any atom is -0.382 e. The first-order valence-electron chi connectivity index (χ1n) is 8.28. The van der Waals surface area contributed by atoms with Gasteiger partial charge in [0.05, 0.1) is 0 Å². The van der Waals surface area contributed by atoms with Crippen molar-refractivity contribution in [3.05, 3.63) is 0 Å². The van der Waals surface area contributed by atoms with Crippen LogP contribution in [0.4, 0.5) is 0 Å². The van der Waals surface area contributed by atoms with E-state index in [2.05, 4.69) is 31.0 Å². The summed E-state index contributed by atoms with van der Waals surface area (Å²) in [7, 11) is 0. The van der Waals surface area contributed by atoms with Crippen LogP contribution in [-0.2, 0) is 4.74 Å². The van der Waals surface area contributed by atoms with Crippen molar-refractivity contribution in [1.82, 2.24) is 10.2 Å². The fourth-order valence-electron chi connectivity index (χ4n) is 2.91. The van der Waals surface area contributed by atoms with Gasteiger partial charge in [0.25, 0.3) is 0 Å². The van der Waals surface area contributed by atoms with E-state index in [-0.39, 0.29) is 0 Å². The lowest BCUT2D eigenvalue weighted by atomic mass is 9.92. The maximum Gasteiger partial charge on any atom is 0.193 e. The highest BCUT2D eigenvalue weighted by atomic mass is 16.5. The minimum absolute atomic E-state index is 0.764. The number of unbranched alkanes of at least 4 members (excludes halogenated alkanes) is 1. The van der Waals surface area contributed by atoms with Crippen LogP contribution in [0.3, 0.4) is 0 Å². The van der Waals surface area contributed by atoms with Crippen molar-refractivity contribution in [3.8, 4) is 0 Å². The number of rotatable bonds is 7. The highest BCUT2D eigenvalue weighted by Crippen LogP contribution is 2.20. The molecule has 1 fully saturated rings. The van der Waals surface area contributed by atoms with Gasteiger partial charge in [-0.25, -0.2) is 0 Å². The maximum absolute atomic E-state index is 5.36. The van der Waals surface area contributed by atoms with Crippen LogP contribution in [0.25, 0.3) is 0 Å². The lowest BCUT2D eigenvalue weighted by Gasteiger charge is -2.37. The largest absolute Gasteiger partial charge is 0.382 e. The summed E-state index contributed by atoms with van der Waals surface area (Å²) in [6, 6.07) is 0. The molecule has 0 aromatic carbocycles. The molecule has 0 aromatic rings. The molecule has 1 aliphatic rings. The lowest BCUT2D eigenvalue weighted by molar-refractivity contribution is 0.144. The Morgan fingerprint density at radius 3 is 2.50 bits per heavy atom. The van der Waals surface area contributed by atoms with E-state index in [0.29, 0.717) is 0 Å². The molecule has 1 saturated heterocycles. The summed E-state index contributed by atoms with van der Waals surface area (Å²) in [5.74, 6) is 2.63. The van der Waals surface area contributed by atoms with Crippen LogP contribution in [0.2, 0.25) is 0 Å². The van der Waals surface area contributed by atoms with Crippen LogP contribution in [0, 0.1) is 11.8 Å². The molecule has 0 saturated carbocycles. The van der Waals surface area contributed by atoms with Crippen LogP contribution >= 0.6 is 0 Å². The molecule has 118 valence electrons. The zero-order chi connectivity index (χ0) is 14.8. The number of guanidine groups is 1. The van der Waals surface area contributed by atoms with Crippen molar-refractivity contribution >= 4 is 5.96 Å². The van der Waals surface area contributed by atoms with Gasteiger partial charge in [0.1, 0.15) is 0 Å². The average molecular weight is 283 g/mol. The van der Waals surface area contributed by atoms with Crippen molar-refractivity contribution in [3.63, 3.8) is 0 Å². The normalized spacial score (nSPS) is 24.0. The van der Waals surface area contributed by atoms with Gasteiger partial charge < -0.3 is 15.0 Å². The van der Waals surface area contributed by atoms with Crippen molar-refractivity contribution in [2.45, 2.75) is 47.0 Å². The van der Waals surface area contributed by atoms with Crippen molar-refractivity contribution < 1.29 is 4.74 Å². The highest BCUT2D eigenvalue weighted by Gasteiger charge is 2.23. The number of ether oxygens (including phenoxy) is 1. The number of hydrogen-bond donors (Lipinski definition) is 1. The number of piperidine rings is 1. The number of aliphatic imine (C=N–C) groups is 1. The summed E-state index contributed by atoms with van der Waals surface area (Å²) in [5.41, 5.74) is 0. The van der Waals surface area contributed by atoms with Crippen molar-refractivity contribution in [1.29, 1.82) is 0 Å². The second kappa shape index (κ2) is 10.0. The van der Waals surface area contributed by atoms with E-state index in [9.17, 15) is 0 Å². The van der Waals surface area contributed by atoms with E-state index in [1.54, 1.807) is 0 Å². The Morgan fingerprint density at radius 1 is 1.20 bits per heavy atom. The van der Waals surface area contributed by atoms with E-state index in [1.807, 2.05) is 6.92 Å². The zero-order valence-electron chi connectivity index (χ0n) is 13.8. The Hall–Kier alpha value is -0.770. The molecule has 1 N–H and O–H groups in total. The summed E-state index contributed by atoms with van der Waals surface area (Å²) in [6.45, 7) is 14.6. The summed E-state index contributed by atoms with van der Waals surface area (Å²) in [4.78, 5) is 7.21. The molecule has 0 radical (unpaired) electrons. The molecular weight excluding hydrogens is 250 g/mol. The van der Waals surface area contributed by atoms with Gasteiger partial charge in [-0.05, 0) is 44.9 Å². The van der Waals surface area contributed by atoms with Gasteiger partial charge in [-0.2, -0.15) is 0 Å². The Morgan fingerprint density at radius 2 is 1.90 bits per heavy atom. The average Bonchev–Trinajstić information content (AvgIpc) is 2.40. The van der Waals surface area contributed by atoms with Gasteiger partial charge in [-0.3, -0.25) is 4.99 Å². The molecule has 0 spiro atoms. The molecule has 0 aliphatic carbocycles. The van der Waals surface area contributed by atoms with E-state index in [1.165, 1.54) is 6.42 Å². The zero-order valence-corrected chi connectivity index (χ0v) is 13.8. The van der Waals surface area contributed by atoms with E-state index in [4.69, 9.17) is 9.73 Å². The standard InChI is InChI=1S/C16H33N3O/c1-5-17-16(18-9-7-8-10-20-6-2)19-12-14(3)11-15(4)13-19/h14-15H,5-13H2,1-4H3,(H,17,18). The monoisotopic (exact) mass is 283 g/mol. The lowest BCUT2D eigenvalue weighted by Crippen LogP contribution is -2.48. The van der Waals surface area contributed by atoms with Gasteiger partial charge in [-0.1, -0.05) is 13.8 Å². The molecule has 4 nitrogen and oxygen atoms in total. The van der Waals surface area contributed by atoms with E-state index < -0.39 is 0 Å². The van der Waals surface area contributed by atoms with Crippen molar-refractivity contribution in [2.24, 2.45) is 16.8 Å². The summed E-state index contributed by atoms with van der Waals surface area (Å²) in [5, 5.41) is 3.44. The van der Waals surface area contributed by atoms with Crippen LogP contribution in [-0.4, -0.2) is 50.3 Å². The summed E-state index contributed by atoms with van der Waals surface area (Å²) in [6.07, 6.45) is 3.54. The topological polar surface area (TPSA) is 36.9 Å². The third kappa shape index (κ3) is 6.60. The Kier molecular flexibility index (Phi) is 8.67. The summed E-state index contributed by atoms with van der Waals surface area (Å²) >= 11 is 0. The second-order valence-corrected chi connectivity index (χ2v) is 5.99. The third-order valence-corrected chi connectivity index (χ3v) is 3.67. The first-order chi connectivity index (χ1) is 9.67. The molecule has 2 atom stereocenters. The number of hydrogen-bond acceptors (Lipinski definition) is 2. The second-order valence-electron chi connectivity index (χ2n) is 5.99. The molecule has 0 amide bonds. The molecule has 4 heteroatoms. The van der Waals surface area contributed by atoms with Crippen molar-refractivity contribution in [2.75, 3.05) is 39.4 Å². The van der Waals surface area contributed by atoms with Crippen LogP contribution < -0.4 is 5.32 Å². The maximum atomic E-state index is 5.36. The number of nitrogens with zero attached hydrogens (tertiary/aromatic N) is 2. The van der Waals surface area contributed by atoms with E-state index in [0.717, 1.165) is 70.0 Å². The van der Waals surface area contributed by atoms with E-state index >= 15 is 0 Å². The Balaban J connectivity index is 2.41. The smallest absolute Gasteiger partial charge is 0.193 e. The number of nitrogens with one attached hydrogen (secondary N) is 1. The minimum atomic E-state index is 0.764. The fourth-order valence-corrected chi connectivity index (χ4v) is 2.91. The van der Waals surface area contributed by atoms with Crippen LogP contribution in [0.5, 0.6) is 0 Å². The molecule has 1 rings (SSSR count). The van der Waals surface area contributed by atoms with Gasteiger partial charge in [-0.15, -0.1) is 0 Å². The first kappa shape index (κ1) is 17.3. The van der Waals surface area contributed by atoms with Gasteiger partial charge in [0, 0.05) is 39.4 Å². The SMILES string of the molecule is CCNC(=NCCCCOCC)N1CC(C)CC(C)C1. The van der Waals surface area contributed by atoms with Gasteiger partial charge in [0.2, 0.25) is 0 Å². The van der Waals surface area contributed by atoms with Gasteiger partial charge in [0.15, 0.2) is 5.96 Å². The molecule has 20 heavy (non-hydrogen) atoms. The predicted octanol–water partition coefficient (Wildman–Crippen LogP) is 2.75. The molecular formula is C16H33N3O. The quantitative estimate of drug-likeness (QED) is 0.443. The molecule has 1 aliphatic heterocycles. The van der Waals surface area contributed by atoms with Crippen LogP contribution in [0.1, 0.15) is 47.0 Å².